The number of likely N-dealkylation sites (N-methyl/N-ethyl adjacent to an activating group) is 1. The molecule has 0 spiro atoms. The molecule has 1 aromatic carbocycles. The average molecular weight is 355 g/mol. The van der Waals surface area contributed by atoms with Gasteiger partial charge in [-0.2, -0.15) is 4.31 Å². The van der Waals surface area contributed by atoms with Crippen molar-refractivity contribution in [2.75, 3.05) is 44.6 Å². The minimum atomic E-state index is -3.49. The predicted molar refractivity (Wildman–Crippen MR) is 92.3 cm³/mol. The zero-order chi connectivity index (χ0) is 17.6. The molecule has 8 heteroatoms. The van der Waals surface area contributed by atoms with E-state index in [1.807, 2.05) is 6.92 Å². The van der Waals surface area contributed by atoms with Gasteiger partial charge in [0.05, 0.1) is 18.0 Å². The fourth-order valence-corrected chi connectivity index (χ4v) is 4.27. The molecule has 1 amide bonds. The Hall–Kier alpha value is -1.48. The van der Waals surface area contributed by atoms with Crippen LogP contribution in [0.4, 0.5) is 5.69 Å². The van der Waals surface area contributed by atoms with E-state index in [1.165, 1.54) is 10.4 Å². The Balaban J connectivity index is 2.06. The van der Waals surface area contributed by atoms with Crippen molar-refractivity contribution in [3.8, 4) is 0 Å². The number of sulfonamides is 1. The summed E-state index contributed by atoms with van der Waals surface area (Å²) in [6, 6.07) is 6.34. The van der Waals surface area contributed by atoms with Crippen LogP contribution in [-0.4, -0.2) is 68.0 Å². The number of aliphatic hydroxyl groups excluding tert-OH is 1. The molecule has 24 heavy (non-hydrogen) atoms. The third-order valence-electron chi connectivity index (χ3n) is 4.05. The molecular weight excluding hydrogens is 330 g/mol. The highest BCUT2D eigenvalue weighted by atomic mass is 32.2. The van der Waals surface area contributed by atoms with Crippen molar-refractivity contribution < 1.29 is 18.3 Å². The van der Waals surface area contributed by atoms with Crippen LogP contribution in [0.2, 0.25) is 0 Å². The molecule has 1 aliphatic rings. The number of nitrogens with one attached hydrogen (secondary N) is 1. The quantitative estimate of drug-likeness (QED) is 0.717. The minimum Gasteiger partial charge on any atom is -0.395 e. The first-order chi connectivity index (χ1) is 11.5. The Bertz CT molecular complexity index is 657. The van der Waals surface area contributed by atoms with Gasteiger partial charge in [0.1, 0.15) is 0 Å². The summed E-state index contributed by atoms with van der Waals surface area (Å²) in [7, 11) is -3.49. The normalized spacial score (nSPS) is 15.8. The van der Waals surface area contributed by atoms with Crippen molar-refractivity contribution >= 4 is 21.6 Å². The summed E-state index contributed by atoms with van der Waals surface area (Å²) < 4.78 is 26.6. The fraction of sp³-hybridized carbons (Fsp3) is 0.562. The number of amides is 1. The van der Waals surface area contributed by atoms with Gasteiger partial charge in [0, 0.05) is 25.3 Å². The Kier molecular flexibility index (Phi) is 6.73. The smallest absolute Gasteiger partial charge is 0.243 e. The lowest BCUT2D eigenvalue weighted by Gasteiger charge is -2.19. The molecule has 1 aliphatic heterocycles. The van der Waals surface area contributed by atoms with E-state index in [0.29, 0.717) is 31.9 Å². The highest BCUT2D eigenvalue weighted by molar-refractivity contribution is 7.89. The van der Waals surface area contributed by atoms with E-state index >= 15 is 0 Å². The van der Waals surface area contributed by atoms with Crippen LogP contribution in [0.1, 0.15) is 19.8 Å². The van der Waals surface area contributed by atoms with Crippen LogP contribution in [0.3, 0.4) is 0 Å². The van der Waals surface area contributed by atoms with Gasteiger partial charge in [-0.3, -0.25) is 9.69 Å². The molecule has 0 unspecified atom stereocenters. The van der Waals surface area contributed by atoms with Gasteiger partial charge in [0.25, 0.3) is 0 Å². The maximum absolute atomic E-state index is 12.6. The van der Waals surface area contributed by atoms with Crippen molar-refractivity contribution in [2.24, 2.45) is 0 Å². The van der Waals surface area contributed by atoms with Gasteiger partial charge < -0.3 is 10.4 Å². The Morgan fingerprint density at radius 1 is 1.33 bits per heavy atom. The minimum absolute atomic E-state index is 0.00924. The van der Waals surface area contributed by atoms with Crippen LogP contribution in [-0.2, 0) is 14.8 Å². The van der Waals surface area contributed by atoms with E-state index in [2.05, 4.69) is 5.32 Å². The summed E-state index contributed by atoms with van der Waals surface area (Å²) in [5.74, 6) is -0.235. The maximum atomic E-state index is 12.6. The van der Waals surface area contributed by atoms with Gasteiger partial charge in [-0.25, -0.2) is 8.42 Å². The highest BCUT2D eigenvalue weighted by Gasteiger charge is 2.27. The Morgan fingerprint density at radius 3 is 2.67 bits per heavy atom. The fourth-order valence-electron chi connectivity index (χ4n) is 2.71. The Labute approximate surface area is 143 Å². The monoisotopic (exact) mass is 355 g/mol. The zero-order valence-corrected chi connectivity index (χ0v) is 14.8. The molecule has 1 heterocycles. The summed E-state index contributed by atoms with van der Waals surface area (Å²) in [5, 5.41) is 11.7. The molecule has 2 N–H and O–H groups in total. The summed E-state index contributed by atoms with van der Waals surface area (Å²) in [6.07, 6.45) is 1.76. The highest BCUT2D eigenvalue weighted by Crippen LogP contribution is 2.23. The topological polar surface area (TPSA) is 90.0 Å². The number of carbonyl (C=O) groups excluding carboxylic acids is 1. The van der Waals surface area contributed by atoms with E-state index in [9.17, 15) is 13.2 Å². The second-order valence-corrected chi connectivity index (χ2v) is 7.72. The van der Waals surface area contributed by atoms with Crippen LogP contribution in [0.15, 0.2) is 29.2 Å². The number of aliphatic hydroxyl groups is 1. The van der Waals surface area contributed by atoms with Crippen molar-refractivity contribution in [3.05, 3.63) is 24.3 Å². The molecule has 0 atom stereocenters. The third kappa shape index (κ3) is 4.76. The second kappa shape index (κ2) is 8.57. The Morgan fingerprint density at radius 2 is 2.04 bits per heavy atom. The largest absolute Gasteiger partial charge is 0.395 e. The molecule has 2 rings (SSSR count). The summed E-state index contributed by atoms with van der Waals surface area (Å²) >= 11 is 0. The number of rotatable bonds is 8. The lowest BCUT2D eigenvalue weighted by atomic mass is 10.3. The number of hydrogen-bond donors (Lipinski definition) is 2. The number of benzene rings is 1. The van der Waals surface area contributed by atoms with Crippen LogP contribution >= 0.6 is 0 Å². The van der Waals surface area contributed by atoms with Crippen LogP contribution in [0.25, 0.3) is 0 Å². The van der Waals surface area contributed by atoms with Gasteiger partial charge in [-0.05, 0) is 37.6 Å². The number of hydrogen-bond acceptors (Lipinski definition) is 5. The maximum Gasteiger partial charge on any atom is 0.243 e. The third-order valence-corrected chi connectivity index (χ3v) is 5.95. The van der Waals surface area contributed by atoms with Gasteiger partial charge in [-0.15, -0.1) is 0 Å². The van der Waals surface area contributed by atoms with Gasteiger partial charge >= 0.3 is 0 Å². The van der Waals surface area contributed by atoms with Crippen molar-refractivity contribution in [2.45, 2.75) is 24.7 Å². The summed E-state index contributed by atoms with van der Waals surface area (Å²) in [5.41, 5.74) is 0.459. The molecule has 0 saturated carbocycles. The van der Waals surface area contributed by atoms with Crippen molar-refractivity contribution in [1.82, 2.24) is 9.21 Å². The van der Waals surface area contributed by atoms with E-state index in [0.717, 1.165) is 12.8 Å². The molecule has 7 nitrogen and oxygen atoms in total. The van der Waals surface area contributed by atoms with Crippen molar-refractivity contribution in [3.63, 3.8) is 0 Å². The molecule has 1 fully saturated rings. The number of carbonyl (C=O) groups is 1. The zero-order valence-electron chi connectivity index (χ0n) is 13.9. The van der Waals surface area contributed by atoms with Crippen LogP contribution < -0.4 is 5.32 Å². The van der Waals surface area contributed by atoms with E-state index in [-0.39, 0.29) is 24.0 Å². The number of anilines is 1. The molecule has 0 aliphatic carbocycles. The molecular formula is C16H25N3O4S. The standard InChI is InChI=1S/C16H25N3O4S/c1-2-18(10-11-20)13-16(21)17-14-6-5-7-15(12-14)24(22,23)19-8-3-4-9-19/h5-7,12,20H,2-4,8-11,13H2,1H3,(H,17,21). The van der Waals surface area contributed by atoms with E-state index in [4.69, 9.17) is 5.11 Å². The molecule has 0 bridgehead atoms. The van der Waals surface area contributed by atoms with E-state index < -0.39 is 10.0 Å². The first-order valence-electron chi connectivity index (χ1n) is 8.20. The van der Waals surface area contributed by atoms with Gasteiger partial charge in [-0.1, -0.05) is 13.0 Å². The molecule has 0 radical (unpaired) electrons. The lowest BCUT2D eigenvalue weighted by Crippen LogP contribution is -2.35. The summed E-state index contributed by atoms with van der Waals surface area (Å²) in [6.45, 7) is 4.22. The van der Waals surface area contributed by atoms with Gasteiger partial charge in [0.15, 0.2) is 0 Å². The van der Waals surface area contributed by atoms with E-state index in [1.54, 1.807) is 23.1 Å². The average Bonchev–Trinajstić information content (AvgIpc) is 3.10. The first-order valence-corrected chi connectivity index (χ1v) is 9.64. The molecule has 0 aromatic heterocycles. The van der Waals surface area contributed by atoms with Crippen molar-refractivity contribution in [1.29, 1.82) is 0 Å². The van der Waals surface area contributed by atoms with Gasteiger partial charge in [0.2, 0.25) is 15.9 Å². The predicted octanol–water partition coefficient (Wildman–Crippen LogP) is 0.724. The van der Waals surface area contributed by atoms with Crippen LogP contribution in [0.5, 0.6) is 0 Å². The second-order valence-electron chi connectivity index (χ2n) is 5.78. The SMILES string of the molecule is CCN(CCO)CC(=O)Nc1cccc(S(=O)(=O)N2CCCC2)c1. The molecule has 134 valence electrons. The number of nitrogens with zero attached hydrogens (tertiary/aromatic N) is 2. The lowest BCUT2D eigenvalue weighted by molar-refractivity contribution is -0.117. The summed E-state index contributed by atoms with van der Waals surface area (Å²) in [4.78, 5) is 14.1. The van der Waals surface area contributed by atoms with Crippen LogP contribution in [0, 0.1) is 0 Å². The molecule has 1 saturated heterocycles. The first kappa shape index (κ1) is 18.9. The molecule has 1 aromatic rings.